The van der Waals surface area contributed by atoms with Gasteiger partial charge in [-0.05, 0) is 41.1 Å². The van der Waals surface area contributed by atoms with Gasteiger partial charge in [0.25, 0.3) is 0 Å². The molecule has 23 heavy (non-hydrogen) atoms. The Morgan fingerprint density at radius 1 is 1.13 bits per heavy atom. The van der Waals surface area contributed by atoms with Gasteiger partial charge in [-0.25, -0.2) is 13.8 Å². The molecule has 0 saturated heterocycles. The molecule has 1 aromatic heterocycles. The Bertz CT molecular complexity index is 911. The van der Waals surface area contributed by atoms with Gasteiger partial charge in [0.05, 0.1) is 0 Å². The van der Waals surface area contributed by atoms with E-state index in [9.17, 15) is 8.78 Å². The number of nitrogens with one attached hydrogen (secondary N) is 1. The third-order valence-corrected chi connectivity index (χ3v) is 4.51. The molecule has 0 bridgehead atoms. The maximum atomic E-state index is 13.5. The van der Waals surface area contributed by atoms with Crippen LogP contribution in [0.25, 0.3) is 10.8 Å². The predicted octanol–water partition coefficient (Wildman–Crippen LogP) is 4.92. The van der Waals surface area contributed by atoms with Gasteiger partial charge in [-0.3, -0.25) is 0 Å². The summed E-state index contributed by atoms with van der Waals surface area (Å²) in [5.74, 6) is -0.902. The average molecular weight is 331 g/mol. The second-order valence-electron chi connectivity index (χ2n) is 5.76. The van der Waals surface area contributed by atoms with Gasteiger partial charge in [0, 0.05) is 17.8 Å². The van der Waals surface area contributed by atoms with Crippen LogP contribution in [-0.4, -0.2) is 11.5 Å². The van der Waals surface area contributed by atoms with E-state index in [-0.39, 0.29) is 5.15 Å². The summed E-state index contributed by atoms with van der Waals surface area (Å²) in [5.41, 5.74) is 2.68. The molecule has 2 nitrogen and oxygen atoms in total. The molecule has 0 radical (unpaired) electrons. The number of hydrogen-bond acceptors (Lipinski definition) is 2. The number of nitrogens with zero attached hydrogens (tertiary/aromatic N) is 1. The van der Waals surface area contributed by atoms with Crippen molar-refractivity contribution < 1.29 is 8.78 Å². The van der Waals surface area contributed by atoms with Gasteiger partial charge in [-0.15, -0.1) is 0 Å². The van der Waals surface area contributed by atoms with Crippen molar-refractivity contribution in [1.29, 1.82) is 0 Å². The fourth-order valence-corrected chi connectivity index (χ4v) is 3.32. The molecule has 4 rings (SSSR count). The Labute approximate surface area is 137 Å². The largest absolute Gasteiger partial charge is 0.369 e. The van der Waals surface area contributed by atoms with E-state index >= 15 is 0 Å². The van der Waals surface area contributed by atoms with Crippen LogP contribution in [0, 0.1) is 11.6 Å². The fourth-order valence-electron chi connectivity index (χ4n) is 3.11. The number of aromatic nitrogens is 1. The average Bonchev–Trinajstić information content (AvgIpc) is 2.50. The first-order valence-corrected chi connectivity index (χ1v) is 7.76. The van der Waals surface area contributed by atoms with Crippen LogP contribution in [0.4, 0.5) is 14.6 Å². The third kappa shape index (κ3) is 2.53. The normalized spacial score (nSPS) is 16.0. The molecule has 2 aromatic carbocycles. The van der Waals surface area contributed by atoms with Gasteiger partial charge >= 0.3 is 0 Å². The Kier molecular flexibility index (Phi) is 3.42. The van der Waals surface area contributed by atoms with E-state index < -0.39 is 11.6 Å². The van der Waals surface area contributed by atoms with Crippen LogP contribution in [0.3, 0.4) is 0 Å². The van der Waals surface area contributed by atoms with Crippen molar-refractivity contribution in [3.63, 3.8) is 0 Å². The molecule has 1 aliphatic carbocycles. The molecule has 1 unspecified atom stereocenters. The molecule has 1 heterocycles. The second-order valence-corrected chi connectivity index (χ2v) is 6.15. The standard InChI is InChI=1S/C18H13ClF2N2/c19-17-7-11-6-15(20)16(21)8-14(11)18(23-17)22-9-12-5-10-3-1-2-4-13(10)12/h1-4,6-8,12H,5,9H2,(H,22,23). The van der Waals surface area contributed by atoms with Crippen LogP contribution in [0.5, 0.6) is 0 Å². The molecule has 3 aromatic rings. The van der Waals surface area contributed by atoms with Crippen LogP contribution >= 0.6 is 11.6 Å². The molecular formula is C18H13ClF2N2. The maximum Gasteiger partial charge on any atom is 0.159 e. The molecule has 0 aliphatic heterocycles. The summed E-state index contributed by atoms with van der Waals surface area (Å²) in [6.07, 6.45) is 1.00. The van der Waals surface area contributed by atoms with Crippen molar-refractivity contribution in [3.8, 4) is 0 Å². The van der Waals surface area contributed by atoms with Crippen LogP contribution in [-0.2, 0) is 6.42 Å². The first-order valence-electron chi connectivity index (χ1n) is 7.39. The summed E-state index contributed by atoms with van der Waals surface area (Å²) < 4.78 is 26.9. The van der Waals surface area contributed by atoms with Gasteiger partial charge in [-0.2, -0.15) is 0 Å². The summed E-state index contributed by atoms with van der Waals surface area (Å²) in [7, 11) is 0. The van der Waals surface area contributed by atoms with E-state index in [1.165, 1.54) is 17.2 Å². The van der Waals surface area contributed by atoms with Crippen molar-refractivity contribution in [1.82, 2.24) is 4.98 Å². The summed E-state index contributed by atoms with van der Waals surface area (Å²) in [5, 5.41) is 4.54. The molecule has 5 heteroatoms. The Hall–Kier alpha value is -2.20. The van der Waals surface area contributed by atoms with Gasteiger partial charge in [0.2, 0.25) is 0 Å². The summed E-state index contributed by atoms with van der Waals surface area (Å²) in [4.78, 5) is 4.22. The summed E-state index contributed by atoms with van der Waals surface area (Å²) in [6.45, 7) is 0.679. The maximum absolute atomic E-state index is 13.5. The molecule has 1 aliphatic rings. The Morgan fingerprint density at radius 3 is 2.74 bits per heavy atom. The lowest BCUT2D eigenvalue weighted by molar-refractivity contribution is 0.511. The van der Waals surface area contributed by atoms with Gasteiger partial charge < -0.3 is 5.32 Å². The topological polar surface area (TPSA) is 24.9 Å². The van der Waals surface area contributed by atoms with Crippen molar-refractivity contribution in [2.45, 2.75) is 12.3 Å². The lowest BCUT2D eigenvalue weighted by atomic mass is 9.77. The van der Waals surface area contributed by atoms with Crippen molar-refractivity contribution in [3.05, 3.63) is 70.4 Å². The smallest absolute Gasteiger partial charge is 0.159 e. The lowest BCUT2D eigenvalue weighted by Crippen LogP contribution is -2.24. The Morgan fingerprint density at radius 2 is 1.91 bits per heavy atom. The minimum absolute atomic E-state index is 0.250. The van der Waals surface area contributed by atoms with E-state index in [4.69, 9.17) is 11.6 Å². The van der Waals surface area contributed by atoms with Gasteiger partial charge in [-0.1, -0.05) is 35.9 Å². The summed E-state index contributed by atoms with van der Waals surface area (Å²) in [6, 6.07) is 12.1. The minimum atomic E-state index is -0.890. The molecule has 0 spiro atoms. The quantitative estimate of drug-likeness (QED) is 0.690. The molecule has 0 amide bonds. The van der Waals surface area contributed by atoms with Crippen LogP contribution < -0.4 is 5.32 Å². The number of anilines is 1. The molecule has 116 valence electrons. The van der Waals surface area contributed by atoms with E-state index in [0.717, 1.165) is 18.6 Å². The highest BCUT2D eigenvalue weighted by Crippen LogP contribution is 2.35. The number of halogens is 3. The van der Waals surface area contributed by atoms with E-state index in [0.29, 0.717) is 29.1 Å². The first kappa shape index (κ1) is 14.4. The minimum Gasteiger partial charge on any atom is -0.369 e. The number of rotatable bonds is 3. The molecule has 0 saturated carbocycles. The van der Waals surface area contributed by atoms with E-state index in [1.807, 2.05) is 12.1 Å². The van der Waals surface area contributed by atoms with E-state index in [2.05, 4.69) is 22.4 Å². The number of benzene rings is 2. The molecule has 0 fully saturated rings. The van der Waals surface area contributed by atoms with E-state index in [1.54, 1.807) is 0 Å². The van der Waals surface area contributed by atoms with Crippen LogP contribution in [0.1, 0.15) is 17.0 Å². The summed E-state index contributed by atoms with van der Waals surface area (Å²) >= 11 is 5.99. The number of hydrogen-bond donors (Lipinski definition) is 1. The number of fused-ring (bicyclic) bond motifs is 2. The van der Waals surface area contributed by atoms with Crippen molar-refractivity contribution >= 4 is 28.2 Å². The third-order valence-electron chi connectivity index (χ3n) is 4.32. The first-order chi connectivity index (χ1) is 11.1. The molecule has 1 N–H and O–H groups in total. The SMILES string of the molecule is Fc1cc2cc(Cl)nc(NCC3Cc4ccccc43)c2cc1F. The zero-order chi connectivity index (χ0) is 16.0. The van der Waals surface area contributed by atoms with Crippen LogP contribution in [0.15, 0.2) is 42.5 Å². The second kappa shape index (κ2) is 5.46. The predicted molar refractivity (Wildman–Crippen MR) is 88.0 cm³/mol. The fraction of sp³-hybridized carbons (Fsp3) is 0.167. The highest BCUT2D eigenvalue weighted by molar-refractivity contribution is 6.30. The molecule has 1 atom stereocenters. The monoisotopic (exact) mass is 330 g/mol. The number of pyridine rings is 1. The molecular weight excluding hydrogens is 318 g/mol. The zero-order valence-electron chi connectivity index (χ0n) is 12.1. The Balaban J connectivity index is 1.63. The highest BCUT2D eigenvalue weighted by Gasteiger charge is 2.25. The van der Waals surface area contributed by atoms with Crippen molar-refractivity contribution in [2.24, 2.45) is 0 Å². The van der Waals surface area contributed by atoms with Crippen LogP contribution in [0.2, 0.25) is 5.15 Å². The lowest BCUT2D eigenvalue weighted by Gasteiger charge is -2.30. The van der Waals surface area contributed by atoms with Gasteiger partial charge in [0.1, 0.15) is 11.0 Å². The highest BCUT2D eigenvalue weighted by atomic mass is 35.5. The van der Waals surface area contributed by atoms with Crippen molar-refractivity contribution in [2.75, 3.05) is 11.9 Å². The van der Waals surface area contributed by atoms with Gasteiger partial charge in [0.15, 0.2) is 11.6 Å². The zero-order valence-corrected chi connectivity index (χ0v) is 12.9.